The molecule has 0 radical (unpaired) electrons. The minimum Gasteiger partial charge on any atom is -0.481 e. The van der Waals surface area contributed by atoms with E-state index in [1.165, 1.54) is 19.1 Å². The zero-order valence-corrected chi connectivity index (χ0v) is 22.2. The molecule has 0 aromatic heterocycles. The minimum absolute atomic E-state index is 0.0827. The predicted octanol–water partition coefficient (Wildman–Crippen LogP) is 7.83. The predicted molar refractivity (Wildman–Crippen MR) is 133 cm³/mol. The number of nitrogens with zero attached hydrogens (tertiary/aromatic N) is 1. The number of carboxylic acids is 1. The molecule has 0 aliphatic heterocycles. The summed E-state index contributed by atoms with van der Waals surface area (Å²) in [6.45, 7) is 1.70. The second-order valence-electron chi connectivity index (χ2n) is 11.1. The first-order valence-electron chi connectivity index (χ1n) is 13.2. The zero-order chi connectivity index (χ0) is 29.5. The van der Waals surface area contributed by atoms with Crippen LogP contribution in [0, 0.1) is 11.2 Å². The van der Waals surface area contributed by atoms with Crippen molar-refractivity contribution in [3.63, 3.8) is 0 Å². The summed E-state index contributed by atoms with van der Waals surface area (Å²) in [4.78, 5) is 14.1. The van der Waals surface area contributed by atoms with E-state index in [9.17, 15) is 40.6 Å². The SMILES string of the molecule is C[C@@H](O[C@H]1CC[C@@H](N(C)CC2(C(=O)O)CCCC2)[C@H]1c1ccc(F)cc1)c1cc(C(F)(F)F)cc(C(F)(F)F)c1. The molecule has 2 aliphatic rings. The van der Waals surface area contributed by atoms with Crippen LogP contribution in [0.15, 0.2) is 42.5 Å². The van der Waals surface area contributed by atoms with Crippen molar-refractivity contribution in [3.05, 3.63) is 70.5 Å². The third-order valence-electron chi connectivity index (χ3n) is 8.41. The largest absolute Gasteiger partial charge is 0.481 e. The van der Waals surface area contributed by atoms with E-state index in [1.54, 1.807) is 12.1 Å². The number of likely N-dealkylation sites (N-methyl/N-ethyl adjacent to an activating group) is 1. The molecule has 11 heteroatoms. The molecule has 0 unspecified atom stereocenters. The number of hydrogen-bond acceptors (Lipinski definition) is 3. The highest BCUT2D eigenvalue weighted by atomic mass is 19.4. The smallest absolute Gasteiger partial charge is 0.416 e. The first-order valence-corrected chi connectivity index (χ1v) is 13.2. The van der Waals surface area contributed by atoms with Crippen LogP contribution in [0.2, 0.25) is 0 Å². The van der Waals surface area contributed by atoms with Gasteiger partial charge in [0.15, 0.2) is 0 Å². The molecule has 4 nitrogen and oxygen atoms in total. The molecule has 220 valence electrons. The normalized spacial score (nSPS) is 24.0. The van der Waals surface area contributed by atoms with E-state index >= 15 is 0 Å². The van der Waals surface area contributed by atoms with Gasteiger partial charge in [-0.05, 0) is 81.1 Å². The highest BCUT2D eigenvalue weighted by Crippen LogP contribution is 2.45. The van der Waals surface area contributed by atoms with E-state index in [4.69, 9.17) is 4.74 Å². The molecule has 2 fully saturated rings. The average molecular weight is 576 g/mol. The number of carbonyl (C=O) groups is 1. The fourth-order valence-corrected chi connectivity index (χ4v) is 6.35. The van der Waals surface area contributed by atoms with Crippen LogP contribution in [0.5, 0.6) is 0 Å². The first-order chi connectivity index (χ1) is 18.6. The van der Waals surface area contributed by atoms with Crippen molar-refractivity contribution >= 4 is 5.97 Å². The second-order valence-corrected chi connectivity index (χ2v) is 11.1. The molecule has 2 aromatic carbocycles. The number of hydrogen-bond donors (Lipinski definition) is 1. The van der Waals surface area contributed by atoms with Gasteiger partial charge in [-0.25, -0.2) is 4.39 Å². The van der Waals surface area contributed by atoms with Gasteiger partial charge in [0.25, 0.3) is 0 Å². The molecule has 2 aliphatic carbocycles. The Morgan fingerprint density at radius 3 is 2.05 bits per heavy atom. The highest BCUT2D eigenvalue weighted by molar-refractivity contribution is 5.75. The summed E-state index contributed by atoms with van der Waals surface area (Å²) in [5, 5.41) is 9.97. The highest BCUT2D eigenvalue weighted by Gasteiger charge is 2.47. The van der Waals surface area contributed by atoms with Gasteiger partial charge in [0.2, 0.25) is 0 Å². The number of halogens is 7. The summed E-state index contributed by atoms with van der Waals surface area (Å²) in [6.07, 6.45) is -7.96. The lowest BCUT2D eigenvalue weighted by atomic mass is 9.84. The van der Waals surface area contributed by atoms with Gasteiger partial charge in [0.05, 0.1) is 28.7 Å². The summed E-state index contributed by atoms with van der Waals surface area (Å²) < 4.78 is 101. The molecular weight excluding hydrogens is 543 g/mol. The van der Waals surface area contributed by atoms with Gasteiger partial charge in [-0.1, -0.05) is 25.0 Å². The molecular formula is C29H32F7NO3. The zero-order valence-electron chi connectivity index (χ0n) is 22.2. The fraction of sp³-hybridized carbons (Fsp3) is 0.552. The van der Waals surface area contributed by atoms with Gasteiger partial charge < -0.3 is 14.7 Å². The van der Waals surface area contributed by atoms with Gasteiger partial charge in [0, 0.05) is 18.5 Å². The molecule has 1 N–H and O–H groups in total. The van der Waals surface area contributed by atoms with E-state index in [0.29, 0.717) is 43.4 Å². The Bertz CT molecular complexity index is 1160. The first kappa shape index (κ1) is 30.3. The Morgan fingerprint density at radius 1 is 1.00 bits per heavy atom. The quantitative estimate of drug-likeness (QED) is 0.326. The molecule has 0 amide bonds. The van der Waals surface area contributed by atoms with Crippen molar-refractivity contribution in [2.24, 2.45) is 5.41 Å². The Labute approximate surface area is 228 Å². The molecule has 40 heavy (non-hydrogen) atoms. The van der Waals surface area contributed by atoms with Crippen molar-refractivity contribution < 1.29 is 45.4 Å². The van der Waals surface area contributed by atoms with Gasteiger partial charge in [-0.2, -0.15) is 26.3 Å². The molecule has 4 atom stereocenters. The maximum absolute atomic E-state index is 13.7. The number of rotatable bonds is 8. The van der Waals surface area contributed by atoms with Crippen molar-refractivity contribution in [1.82, 2.24) is 4.90 Å². The van der Waals surface area contributed by atoms with Gasteiger partial charge >= 0.3 is 18.3 Å². The van der Waals surface area contributed by atoms with Crippen LogP contribution in [0.3, 0.4) is 0 Å². The second kappa shape index (κ2) is 11.3. The van der Waals surface area contributed by atoms with Crippen LogP contribution >= 0.6 is 0 Å². The van der Waals surface area contributed by atoms with E-state index in [2.05, 4.69) is 0 Å². The lowest BCUT2D eigenvalue weighted by Crippen LogP contribution is -2.45. The number of alkyl halides is 6. The monoisotopic (exact) mass is 575 g/mol. The van der Waals surface area contributed by atoms with Crippen LogP contribution in [0.25, 0.3) is 0 Å². The number of ether oxygens (including phenoxy) is 1. The molecule has 0 saturated heterocycles. The van der Waals surface area contributed by atoms with Crippen molar-refractivity contribution in [1.29, 1.82) is 0 Å². The van der Waals surface area contributed by atoms with Crippen LogP contribution in [0.4, 0.5) is 30.7 Å². The van der Waals surface area contributed by atoms with Crippen molar-refractivity contribution in [2.45, 2.75) is 82.0 Å². The Balaban J connectivity index is 1.63. The molecule has 0 bridgehead atoms. The number of aliphatic carboxylic acids is 1. The fourth-order valence-electron chi connectivity index (χ4n) is 6.35. The number of carboxylic acid groups (broad SMARTS) is 1. The third-order valence-corrected chi connectivity index (χ3v) is 8.41. The van der Waals surface area contributed by atoms with Gasteiger partial charge in [-0.3, -0.25) is 4.79 Å². The summed E-state index contributed by atoms with van der Waals surface area (Å²) in [5.41, 5.74) is -3.28. The molecule has 2 saturated carbocycles. The third kappa shape index (κ3) is 6.46. The standard InChI is InChI=1S/C29H32F7NO3/c1-17(19-13-20(28(31,32)33)15-21(14-19)29(34,35)36)40-24-10-9-23(25(24)18-5-7-22(30)8-6-18)37(2)16-27(26(38)39)11-3-4-12-27/h5-8,13-15,17,23-25H,3-4,9-12,16H2,1-2H3,(H,38,39)/t17-,23-,24+,25-/m1/s1. The van der Waals surface area contributed by atoms with Gasteiger partial charge in [0.1, 0.15) is 5.82 Å². The van der Waals surface area contributed by atoms with Crippen molar-refractivity contribution in [3.8, 4) is 0 Å². The summed E-state index contributed by atoms with van der Waals surface area (Å²) in [7, 11) is 1.82. The Morgan fingerprint density at radius 2 is 1.55 bits per heavy atom. The molecule has 0 heterocycles. The molecule has 4 rings (SSSR count). The lowest BCUT2D eigenvalue weighted by Gasteiger charge is -2.37. The Kier molecular flexibility index (Phi) is 8.57. The van der Waals surface area contributed by atoms with E-state index in [0.717, 1.165) is 12.8 Å². The van der Waals surface area contributed by atoms with Crippen LogP contribution < -0.4 is 0 Å². The van der Waals surface area contributed by atoms with E-state index in [-0.39, 0.29) is 24.2 Å². The van der Waals surface area contributed by atoms with E-state index in [1.807, 2.05) is 11.9 Å². The summed E-state index contributed by atoms with van der Waals surface area (Å²) in [6, 6.07) is 6.92. The number of benzene rings is 2. The molecule has 0 spiro atoms. The maximum Gasteiger partial charge on any atom is 0.416 e. The van der Waals surface area contributed by atoms with Crippen LogP contribution in [-0.2, 0) is 21.9 Å². The van der Waals surface area contributed by atoms with Crippen molar-refractivity contribution in [2.75, 3.05) is 13.6 Å². The van der Waals surface area contributed by atoms with E-state index < -0.39 is 58.8 Å². The minimum atomic E-state index is -4.98. The summed E-state index contributed by atoms with van der Waals surface area (Å²) >= 11 is 0. The molecule has 2 aromatic rings. The summed E-state index contributed by atoms with van der Waals surface area (Å²) in [5.74, 6) is -1.73. The van der Waals surface area contributed by atoms with Crippen LogP contribution in [0.1, 0.15) is 79.7 Å². The van der Waals surface area contributed by atoms with Gasteiger partial charge in [-0.15, -0.1) is 0 Å². The lowest BCUT2D eigenvalue weighted by molar-refractivity contribution is -0.150. The maximum atomic E-state index is 13.7. The van der Waals surface area contributed by atoms with Crippen LogP contribution in [-0.4, -0.2) is 41.7 Å². The average Bonchev–Trinajstić information content (AvgIpc) is 3.51. The Hall–Kier alpha value is -2.66. The topological polar surface area (TPSA) is 49.8 Å².